The minimum atomic E-state index is 0.211. The zero-order valence-electron chi connectivity index (χ0n) is 15.7. The van der Waals surface area contributed by atoms with Gasteiger partial charge in [-0.1, -0.05) is 42.5 Å². The molecule has 3 heterocycles. The van der Waals surface area contributed by atoms with Crippen LogP contribution in [0.5, 0.6) is 0 Å². The highest BCUT2D eigenvalue weighted by atomic mass is 16.5. The summed E-state index contributed by atoms with van der Waals surface area (Å²) in [5.74, 6) is 2.98. The molecule has 26 heavy (non-hydrogen) atoms. The van der Waals surface area contributed by atoms with E-state index >= 15 is 0 Å². The molecule has 0 saturated carbocycles. The monoisotopic (exact) mass is 351 g/mol. The molecule has 0 radical (unpaired) electrons. The van der Waals surface area contributed by atoms with E-state index in [2.05, 4.69) is 65.3 Å². The number of piperidine rings is 1. The lowest BCUT2D eigenvalue weighted by Gasteiger charge is -2.37. The van der Waals surface area contributed by atoms with Crippen LogP contribution in [0, 0.1) is 0 Å². The minimum Gasteiger partial charge on any atom is -0.494 e. The summed E-state index contributed by atoms with van der Waals surface area (Å²) in [6.07, 6.45) is 8.80. The Morgan fingerprint density at radius 3 is 2.73 bits per heavy atom. The molecule has 3 aliphatic heterocycles. The van der Waals surface area contributed by atoms with Crippen molar-refractivity contribution < 1.29 is 4.74 Å². The van der Waals surface area contributed by atoms with Gasteiger partial charge in [0, 0.05) is 0 Å². The molecule has 4 rings (SSSR count). The second kappa shape index (κ2) is 8.09. The average molecular weight is 351 g/mol. The molecule has 0 spiro atoms. The summed E-state index contributed by atoms with van der Waals surface area (Å²) in [6, 6.07) is 11.2. The van der Waals surface area contributed by atoms with Gasteiger partial charge in [0.25, 0.3) is 0 Å². The molecule has 0 amide bonds. The number of hydrogen-bond donors (Lipinski definition) is 0. The second-order valence-corrected chi connectivity index (χ2v) is 7.53. The largest absolute Gasteiger partial charge is 0.494 e. The van der Waals surface area contributed by atoms with Crippen molar-refractivity contribution in [2.75, 3.05) is 39.3 Å². The first kappa shape index (κ1) is 17.3. The maximum Gasteiger partial charge on any atom is 0.115 e. The van der Waals surface area contributed by atoms with Crippen LogP contribution in [0.3, 0.4) is 0 Å². The van der Waals surface area contributed by atoms with E-state index in [0.29, 0.717) is 5.92 Å². The Morgan fingerprint density at radius 2 is 1.92 bits per heavy atom. The molecule has 138 valence electrons. The van der Waals surface area contributed by atoms with Crippen molar-refractivity contribution in [1.82, 2.24) is 9.80 Å². The van der Waals surface area contributed by atoms with Crippen LogP contribution < -0.4 is 0 Å². The summed E-state index contributed by atoms with van der Waals surface area (Å²) >= 11 is 0. The topological polar surface area (TPSA) is 28.1 Å². The Morgan fingerprint density at radius 1 is 1.12 bits per heavy atom. The highest BCUT2D eigenvalue weighted by molar-refractivity contribution is 5.85. The van der Waals surface area contributed by atoms with Gasteiger partial charge in [-0.05, 0) is 50.4 Å². The fraction of sp³-hybridized carbons (Fsp3) is 0.500. The molecule has 4 heteroatoms. The number of benzene rings is 1. The zero-order valence-corrected chi connectivity index (χ0v) is 15.7. The average Bonchev–Trinajstić information content (AvgIpc) is 2.73. The van der Waals surface area contributed by atoms with Gasteiger partial charge in [-0.25, -0.2) is 0 Å². The number of morpholine rings is 1. The van der Waals surface area contributed by atoms with E-state index < -0.39 is 0 Å². The van der Waals surface area contributed by atoms with Crippen LogP contribution in [-0.2, 0) is 4.74 Å². The maximum atomic E-state index is 5.78. The molecule has 2 saturated heterocycles. The predicted octanol–water partition coefficient (Wildman–Crippen LogP) is 3.44. The number of fused-ring (bicyclic) bond motifs is 2. The summed E-state index contributed by atoms with van der Waals surface area (Å²) in [6.45, 7) is 7.94. The fourth-order valence-electron chi connectivity index (χ4n) is 4.09. The Balaban J connectivity index is 1.41. The first-order chi connectivity index (χ1) is 12.8. The van der Waals surface area contributed by atoms with Crippen molar-refractivity contribution in [2.45, 2.75) is 31.7 Å². The molecule has 1 aromatic rings. The van der Waals surface area contributed by atoms with Crippen LogP contribution in [0.2, 0.25) is 0 Å². The number of likely N-dealkylation sites (tertiary alicyclic amines) is 1. The van der Waals surface area contributed by atoms with Gasteiger partial charge in [0.1, 0.15) is 18.2 Å². The zero-order chi connectivity index (χ0) is 17.8. The third-order valence-corrected chi connectivity index (χ3v) is 5.61. The van der Waals surface area contributed by atoms with Gasteiger partial charge < -0.3 is 9.64 Å². The molecule has 0 aromatic heterocycles. The number of nitrogens with zero attached hydrogens (tertiary/aromatic N) is 3. The number of ether oxygens (including phenoxy) is 1. The molecule has 2 bridgehead atoms. The van der Waals surface area contributed by atoms with Gasteiger partial charge in [0.15, 0.2) is 0 Å². The summed E-state index contributed by atoms with van der Waals surface area (Å²) in [7, 11) is 0. The summed E-state index contributed by atoms with van der Waals surface area (Å²) < 4.78 is 5.78. The third kappa shape index (κ3) is 4.18. The van der Waals surface area contributed by atoms with Crippen molar-refractivity contribution in [3.05, 3.63) is 59.9 Å². The number of amidine groups is 1. The SMILES string of the molecule is CC1/C=C\C=C2/CN(CCO2)C(CN2CCC(c3ccccc3)CC2)=N1. The van der Waals surface area contributed by atoms with Gasteiger partial charge in [-0.3, -0.25) is 9.89 Å². The van der Waals surface area contributed by atoms with Crippen molar-refractivity contribution in [2.24, 2.45) is 4.99 Å². The number of allylic oxidation sites excluding steroid dienone is 2. The highest BCUT2D eigenvalue weighted by Gasteiger charge is 2.25. The van der Waals surface area contributed by atoms with Crippen LogP contribution in [0.25, 0.3) is 0 Å². The van der Waals surface area contributed by atoms with Crippen LogP contribution in [-0.4, -0.2) is 61.0 Å². The Bertz CT molecular complexity index is 687. The van der Waals surface area contributed by atoms with Gasteiger partial charge in [-0.15, -0.1) is 0 Å². The maximum absolute atomic E-state index is 5.78. The van der Waals surface area contributed by atoms with Crippen LogP contribution >= 0.6 is 0 Å². The minimum absolute atomic E-state index is 0.211. The van der Waals surface area contributed by atoms with E-state index in [1.807, 2.05) is 0 Å². The molecular formula is C22H29N3O. The number of hydrogen-bond acceptors (Lipinski definition) is 4. The number of aliphatic imine (C=N–C) groups is 1. The molecule has 2 fully saturated rings. The normalized spacial score (nSPS) is 28.0. The van der Waals surface area contributed by atoms with E-state index in [1.54, 1.807) is 0 Å². The Labute approximate surface area is 156 Å². The van der Waals surface area contributed by atoms with Crippen molar-refractivity contribution in [1.29, 1.82) is 0 Å². The number of rotatable bonds is 3. The van der Waals surface area contributed by atoms with Gasteiger partial charge in [0.2, 0.25) is 0 Å². The Hall–Kier alpha value is -2.07. The van der Waals surface area contributed by atoms with E-state index in [0.717, 1.165) is 45.1 Å². The standard InChI is InChI=1S/C22H29N3O/c1-18-6-5-9-21-16-25(14-15-26-21)22(23-18)17-24-12-10-20(11-13-24)19-7-3-2-4-8-19/h2-9,18,20H,10-17H2,1H3/b6-5-,21-9+,23-22?. The predicted molar refractivity (Wildman–Crippen MR) is 107 cm³/mol. The van der Waals surface area contributed by atoms with Gasteiger partial charge in [-0.2, -0.15) is 0 Å². The lowest BCUT2D eigenvalue weighted by atomic mass is 9.89. The summed E-state index contributed by atoms with van der Waals surface area (Å²) in [4.78, 5) is 9.99. The van der Waals surface area contributed by atoms with Gasteiger partial charge >= 0.3 is 0 Å². The van der Waals surface area contributed by atoms with E-state index in [-0.39, 0.29) is 6.04 Å². The van der Waals surface area contributed by atoms with E-state index in [9.17, 15) is 0 Å². The highest BCUT2D eigenvalue weighted by Crippen LogP contribution is 2.28. The summed E-state index contributed by atoms with van der Waals surface area (Å²) in [5, 5.41) is 0. The smallest absolute Gasteiger partial charge is 0.115 e. The van der Waals surface area contributed by atoms with Crippen molar-refractivity contribution in [3.8, 4) is 0 Å². The summed E-state index contributed by atoms with van der Waals surface area (Å²) in [5.41, 5.74) is 1.49. The first-order valence-corrected chi connectivity index (χ1v) is 9.87. The first-order valence-electron chi connectivity index (χ1n) is 9.87. The van der Waals surface area contributed by atoms with Gasteiger partial charge in [0.05, 0.1) is 25.7 Å². The van der Waals surface area contributed by atoms with E-state index in [1.165, 1.54) is 24.2 Å². The van der Waals surface area contributed by atoms with Crippen LogP contribution in [0.1, 0.15) is 31.2 Å². The molecule has 0 aliphatic carbocycles. The molecule has 4 nitrogen and oxygen atoms in total. The van der Waals surface area contributed by atoms with Crippen LogP contribution in [0.15, 0.2) is 59.3 Å². The molecule has 1 unspecified atom stereocenters. The fourth-order valence-corrected chi connectivity index (χ4v) is 4.09. The lowest BCUT2D eigenvalue weighted by molar-refractivity contribution is 0.127. The molecule has 1 atom stereocenters. The Kier molecular flexibility index (Phi) is 5.40. The van der Waals surface area contributed by atoms with Crippen molar-refractivity contribution >= 4 is 5.84 Å². The molecule has 0 N–H and O–H groups in total. The van der Waals surface area contributed by atoms with Crippen molar-refractivity contribution in [3.63, 3.8) is 0 Å². The second-order valence-electron chi connectivity index (χ2n) is 7.53. The molecular weight excluding hydrogens is 322 g/mol. The van der Waals surface area contributed by atoms with Crippen LogP contribution in [0.4, 0.5) is 0 Å². The van der Waals surface area contributed by atoms with E-state index in [4.69, 9.17) is 9.73 Å². The lowest BCUT2D eigenvalue weighted by Crippen LogP contribution is -2.47. The molecule has 3 aliphatic rings. The quantitative estimate of drug-likeness (QED) is 0.835. The molecule has 1 aromatic carbocycles. The third-order valence-electron chi connectivity index (χ3n) is 5.61.